The predicted molar refractivity (Wildman–Crippen MR) is 80.9 cm³/mol. The third kappa shape index (κ3) is 3.87. The van der Waals surface area contributed by atoms with E-state index in [1.54, 1.807) is 12.1 Å². The summed E-state index contributed by atoms with van der Waals surface area (Å²) in [5.74, 6) is 0.236. The summed E-state index contributed by atoms with van der Waals surface area (Å²) in [5.41, 5.74) is 1.03. The lowest BCUT2D eigenvalue weighted by molar-refractivity contribution is 0.145. The zero-order valence-electron chi connectivity index (χ0n) is 12.8. The normalized spacial score (nSPS) is 21.8. The van der Waals surface area contributed by atoms with Gasteiger partial charge in [0.2, 0.25) is 0 Å². The Labute approximate surface area is 121 Å². The van der Waals surface area contributed by atoms with Crippen LogP contribution in [0, 0.1) is 0 Å². The van der Waals surface area contributed by atoms with Crippen LogP contribution in [-0.2, 0) is 6.54 Å². The summed E-state index contributed by atoms with van der Waals surface area (Å²) in [4.78, 5) is 0. The summed E-state index contributed by atoms with van der Waals surface area (Å²) < 4.78 is 0. The minimum Gasteiger partial charge on any atom is -0.508 e. The Hall–Kier alpha value is -1.26. The van der Waals surface area contributed by atoms with Gasteiger partial charge in [-0.3, -0.25) is 0 Å². The van der Waals surface area contributed by atoms with E-state index in [0.29, 0.717) is 12.6 Å². The van der Waals surface area contributed by atoms with Gasteiger partial charge in [-0.1, -0.05) is 6.07 Å². The summed E-state index contributed by atoms with van der Waals surface area (Å²) in [7, 11) is 0. The summed E-state index contributed by atoms with van der Waals surface area (Å²) in [6.07, 6.45) is 2.10. The molecule has 1 aromatic rings. The molecule has 4 heteroatoms. The Bertz CT molecular complexity index is 467. The van der Waals surface area contributed by atoms with E-state index < -0.39 is 0 Å². The number of nitrogens with one attached hydrogen (secondary N) is 2. The van der Waals surface area contributed by atoms with Crippen LogP contribution in [0.5, 0.6) is 11.5 Å². The van der Waals surface area contributed by atoms with Crippen molar-refractivity contribution in [3.05, 3.63) is 23.8 Å². The molecular weight excluding hydrogens is 252 g/mol. The maximum atomic E-state index is 9.81. The summed E-state index contributed by atoms with van der Waals surface area (Å²) >= 11 is 0. The quantitative estimate of drug-likeness (QED) is 0.686. The molecule has 0 unspecified atom stereocenters. The Morgan fingerprint density at radius 2 is 1.75 bits per heavy atom. The highest BCUT2D eigenvalue weighted by Gasteiger charge is 2.37. The van der Waals surface area contributed by atoms with Crippen molar-refractivity contribution in [2.24, 2.45) is 0 Å². The molecule has 1 saturated heterocycles. The number of phenolic OH excluding ortho intramolecular Hbond substituents is 2. The van der Waals surface area contributed by atoms with Gasteiger partial charge in [-0.15, -0.1) is 0 Å². The molecule has 1 aliphatic heterocycles. The molecule has 0 aromatic heterocycles. The number of benzene rings is 1. The molecule has 20 heavy (non-hydrogen) atoms. The van der Waals surface area contributed by atoms with Crippen LogP contribution >= 0.6 is 0 Å². The number of hydrogen-bond acceptors (Lipinski definition) is 4. The van der Waals surface area contributed by atoms with Gasteiger partial charge in [0, 0.05) is 35.3 Å². The molecule has 4 nitrogen and oxygen atoms in total. The third-order valence-electron chi connectivity index (χ3n) is 3.84. The number of piperidine rings is 1. The first-order valence-corrected chi connectivity index (χ1v) is 7.20. The minimum absolute atomic E-state index is 0.0929. The van der Waals surface area contributed by atoms with E-state index in [1.165, 1.54) is 6.07 Å². The van der Waals surface area contributed by atoms with Gasteiger partial charge in [0.05, 0.1) is 0 Å². The van der Waals surface area contributed by atoms with Crippen LogP contribution in [0.3, 0.4) is 0 Å². The number of rotatable bonds is 3. The summed E-state index contributed by atoms with van der Waals surface area (Å²) in [5, 5.41) is 26.3. The predicted octanol–water partition coefficient (Wildman–Crippen LogP) is 2.50. The fourth-order valence-electron chi connectivity index (χ4n) is 3.42. The Kier molecular flexibility index (Phi) is 3.98. The first-order valence-electron chi connectivity index (χ1n) is 7.20. The fourth-order valence-corrected chi connectivity index (χ4v) is 3.42. The average Bonchev–Trinajstić information content (AvgIpc) is 2.23. The molecule has 0 bridgehead atoms. The SMILES string of the molecule is CC1(C)CC(NCc2ccc(O)cc2O)CC(C)(C)N1. The molecule has 112 valence electrons. The molecule has 1 aliphatic rings. The number of aromatic hydroxyl groups is 2. The van der Waals surface area contributed by atoms with Crippen molar-refractivity contribution >= 4 is 0 Å². The second-order valence-electron chi connectivity index (χ2n) is 7.19. The summed E-state index contributed by atoms with van der Waals surface area (Å²) in [6.45, 7) is 9.51. The van der Waals surface area contributed by atoms with E-state index in [1.807, 2.05) is 0 Å². The van der Waals surface area contributed by atoms with Crippen molar-refractivity contribution in [1.82, 2.24) is 10.6 Å². The van der Waals surface area contributed by atoms with Gasteiger partial charge in [-0.05, 0) is 46.6 Å². The molecule has 0 amide bonds. The van der Waals surface area contributed by atoms with Gasteiger partial charge >= 0.3 is 0 Å². The largest absolute Gasteiger partial charge is 0.508 e. The van der Waals surface area contributed by atoms with Crippen molar-refractivity contribution in [2.45, 2.75) is 64.2 Å². The first-order chi connectivity index (χ1) is 9.17. The average molecular weight is 278 g/mol. The third-order valence-corrected chi connectivity index (χ3v) is 3.84. The van der Waals surface area contributed by atoms with Crippen molar-refractivity contribution in [2.75, 3.05) is 0 Å². The second-order valence-corrected chi connectivity index (χ2v) is 7.19. The molecule has 4 N–H and O–H groups in total. The van der Waals surface area contributed by atoms with Crippen LogP contribution in [0.4, 0.5) is 0 Å². The zero-order valence-corrected chi connectivity index (χ0v) is 12.8. The van der Waals surface area contributed by atoms with Gasteiger partial charge in [-0.25, -0.2) is 0 Å². The van der Waals surface area contributed by atoms with E-state index in [9.17, 15) is 10.2 Å². The van der Waals surface area contributed by atoms with Crippen molar-refractivity contribution < 1.29 is 10.2 Å². The highest BCUT2D eigenvalue weighted by Crippen LogP contribution is 2.29. The minimum atomic E-state index is 0.0929. The zero-order chi connectivity index (χ0) is 15.0. The van der Waals surface area contributed by atoms with Gasteiger partial charge in [-0.2, -0.15) is 0 Å². The lowest BCUT2D eigenvalue weighted by atomic mass is 9.79. The molecular formula is C16H26N2O2. The van der Waals surface area contributed by atoms with Gasteiger partial charge in [0.25, 0.3) is 0 Å². The standard InChI is InChI=1S/C16H26N2O2/c1-15(2)8-12(9-16(3,4)18-15)17-10-11-5-6-13(19)7-14(11)20/h5-7,12,17-20H,8-10H2,1-4H3. The van der Waals surface area contributed by atoms with Gasteiger partial charge in [0.15, 0.2) is 0 Å². The van der Waals surface area contributed by atoms with Crippen molar-refractivity contribution in [3.63, 3.8) is 0 Å². The molecule has 1 fully saturated rings. The van der Waals surface area contributed by atoms with Crippen molar-refractivity contribution in [3.8, 4) is 11.5 Å². The van der Waals surface area contributed by atoms with E-state index in [4.69, 9.17) is 0 Å². The number of hydrogen-bond donors (Lipinski definition) is 4. The van der Waals surface area contributed by atoms with Crippen LogP contribution < -0.4 is 10.6 Å². The van der Waals surface area contributed by atoms with Crippen LogP contribution in [-0.4, -0.2) is 27.3 Å². The maximum Gasteiger partial charge on any atom is 0.123 e. The highest BCUT2D eigenvalue weighted by molar-refractivity contribution is 5.38. The van der Waals surface area contributed by atoms with Crippen LogP contribution in [0.15, 0.2) is 18.2 Å². The molecule has 1 aromatic carbocycles. The lowest BCUT2D eigenvalue weighted by Gasteiger charge is -2.46. The summed E-state index contributed by atoms with van der Waals surface area (Å²) in [6, 6.07) is 5.16. The molecule has 0 saturated carbocycles. The van der Waals surface area contributed by atoms with E-state index >= 15 is 0 Å². The molecule has 0 atom stereocenters. The van der Waals surface area contributed by atoms with E-state index in [2.05, 4.69) is 38.3 Å². The van der Waals surface area contributed by atoms with E-state index in [-0.39, 0.29) is 22.6 Å². The molecule has 2 rings (SSSR count). The highest BCUT2D eigenvalue weighted by atomic mass is 16.3. The monoisotopic (exact) mass is 278 g/mol. The Balaban J connectivity index is 2.00. The van der Waals surface area contributed by atoms with Gasteiger partial charge < -0.3 is 20.8 Å². The molecule has 0 aliphatic carbocycles. The van der Waals surface area contributed by atoms with Crippen LogP contribution in [0.25, 0.3) is 0 Å². The van der Waals surface area contributed by atoms with E-state index in [0.717, 1.165) is 18.4 Å². The topological polar surface area (TPSA) is 64.5 Å². The lowest BCUT2D eigenvalue weighted by Crippen LogP contribution is -2.61. The number of phenols is 2. The van der Waals surface area contributed by atoms with Crippen LogP contribution in [0.2, 0.25) is 0 Å². The Morgan fingerprint density at radius 1 is 1.15 bits per heavy atom. The molecule has 0 spiro atoms. The molecule has 0 radical (unpaired) electrons. The second kappa shape index (κ2) is 5.26. The van der Waals surface area contributed by atoms with Gasteiger partial charge in [0.1, 0.15) is 11.5 Å². The van der Waals surface area contributed by atoms with Crippen LogP contribution in [0.1, 0.15) is 46.1 Å². The molecule has 1 heterocycles. The van der Waals surface area contributed by atoms with Crippen molar-refractivity contribution in [1.29, 1.82) is 0 Å². The maximum absolute atomic E-state index is 9.81. The fraction of sp³-hybridized carbons (Fsp3) is 0.625. The Morgan fingerprint density at radius 3 is 2.30 bits per heavy atom. The smallest absolute Gasteiger partial charge is 0.123 e. The first kappa shape index (κ1) is 15.1.